The van der Waals surface area contributed by atoms with E-state index < -0.39 is 12.1 Å². The van der Waals surface area contributed by atoms with Gasteiger partial charge in [-0.15, -0.1) is 0 Å². The fraction of sp³-hybridized carbons (Fsp3) is 0.636. The zero-order valence-electron chi connectivity index (χ0n) is 17.7. The largest absolute Gasteiger partial charge is 0.490 e. The molecule has 0 saturated carbocycles. The summed E-state index contributed by atoms with van der Waals surface area (Å²) < 4.78 is 50.2. The maximum Gasteiger partial charge on any atom is 0.490 e. The molecule has 2 atom stereocenters. The van der Waals surface area contributed by atoms with Crippen LogP contribution in [0.4, 0.5) is 17.6 Å². The molecule has 0 radical (unpaired) electrons. The van der Waals surface area contributed by atoms with E-state index in [-0.39, 0.29) is 11.7 Å². The highest BCUT2D eigenvalue weighted by Crippen LogP contribution is 2.33. The number of benzene rings is 1. The van der Waals surface area contributed by atoms with E-state index in [4.69, 9.17) is 14.6 Å². The van der Waals surface area contributed by atoms with E-state index in [1.807, 2.05) is 0 Å². The number of nitrogens with zero attached hydrogens (tertiary/aromatic N) is 2. The molecule has 0 unspecified atom stereocenters. The summed E-state index contributed by atoms with van der Waals surface area (Å²) in [5.41, 5.74) is 0.895. The number of hydrogen-bond donors (Lipinski definition) is 1. The number of carbonyl (C=O) groups is 2. The Kier molecular flexibility index (Phi) is 8.10. The zero-order chi connectivity index (χ0) is 23.3. The normalized spacial score (nSPS) is 24.1. The van der Waals surface area contributed by atoms with Crippen LogP contribution in [-0.2, 0) is 20.7 Å². The number of carboxylic acids is 1. The molecule has 0 aliphatic carbocycles. The van der Waals surface area contributed by atoms with E-state index in [0.29, 0.717) is 18.5 Å². The molecule has 32 heavy (non-hydrogen) atoms. The summed E-state index contributed by atoms with van der Waals surface area (Å²) in [6.45, 7) is 4.92. The number of aliphatic carboxylic acids is 1. The lowest BCUT2D eigenvalue weighted by molar-refractivity contribution is -0.192. The zero-order valence-corrected chi connectivity index (χ0v) is 17.7. The minimum absolute atomic E-state index is 0.187. The lowest BCUT2D eigenvalue weighted by Crippen LogP contribution is -2.41. The number of carbonyl (C=O) groups excluding carboxylic acids is 1. The van der Waals surface area contributed by atoms with Crippen LogP contribution in [0.2, 0.25) is 0 Å². The van der Waals surface area contributed by atoms with Gasteiger partial charge in [-0.05, 0) is 49.3 Å². The molecule has 1 N–H and O–H groups in total. The first-order chi connectivity index (χ1) is 15.1. The third-order valence-electron chi connectivity index (χ3n) is 6.36. The van der Waals surface area contributed by atoms with Gasteiger partial charge in [0.05, 0.1) is 6.42 Å². The van der Waals surface area contributed by atoms with Crippen LogP contribution in [0.5, 0.6) is 0 Å². The second kappa shape index (κ2) is 10.6. The molecule has 178 valence electrons. The standard InChI is InChI=1S/C20H27FN2O2.C2HF3O2/c21-17-3-1-15(2-4-17)13-20(24)23-10-6-18-19(23)5-9-22(18)14-16-7-11-25-12-8-16;3-2(4,5)1(6)7/h1-4,16,18-19H,5-14H2;(H,6,7)/t18-,19+;/m0./s1. The number of alkyl halides is 3. The maximum absolute atomic E-state index is 13.0. The Morgan fingerprint density at radius 1 is 1.00 bits per heavy atom. The van der Waals surface area contributed by atoms with E-state index in [0.717, 1.165) is 57.2 Å². The highest BCUT2D eigenvalue weighted by molar-refractivity contribution is 5.79. The van der Waals surface area contributed by atoms with E-state index >= 15 is 0 Å². The van der Waals surface area contributed by atoms with Crippen molar-refractivity contribution in [2.45, 2.75) is 50.4 Å². The van der Waals surface area contributed by atoms with Gasteiger partial charge in [-0.3, -0.25) is 9.69 Å². The van der Waals surface area contributed by atoms with Crippen LogP contribution in [0, 0.1) is 11.7 Å². The smallest absolute Gasteiger partial charge is 0.475 e. The summed E-state index contributed by atoms with van der Waals surface area (Å²) in [4.78, 5) is 26.3. The molecule has 0 bridgehead atoms. The fourth-order valence-electron chi connectivity index (χ4n) is 4.75. The van der Waals surface area contributed by atoms with E-state index in [2.05, 4.69) is 9.80 Å². The molecule has 4 rings (SSSR count). The van der Waals surface area contributed by atoms with Crippen molar-refractivity contribution in [1.29, 1.82) is 0 Å². The van der Waals surface area contributed by atoms with Crippen LogP contribution >= 0.6 is 0 Å². The molecule has 0 spiro atoms. The predicted molar refractivity (Wildman–Crippen MR) is 107 cm³/mol. The summed E-state index contributed by atoms with van der Waals surface area (Å²) in [5.74, 6) is -2.08. The molecular weight excluding hydrogens is 432 g/mol. The minimum atomic E-state index is -5.08. The number of rotatable bonds is 4. The van der Waals surface area contributed by atoms with Gasteiger partial charge in [-0.1, -0.05) is 12.1 Å². The number of fused-ring (bicyclic) bond motifs is 1. The van der Waals surface area contributed by atoms with E-state index in [1.54, 1.807) is 12.1 Å². The molecule has 3 heterocycles. The molecule has 0 aromatic heterocycles. The molecule has 1 aromatic carbocycles. The molecule has 1 amide bonds. The topological polar surface area (TPSA) is 70.1 Å². The quantitative estimate of drug-likeness (QED) is 0.700. The van der Waals surface area contributed by atoms with Gasteiger partial charge in [0.15, 0.2) is 0 Å². The summed E-state index contributed by atoms with van der Waals surface area (Å²) in [7, 11) is 0. The second-order valence-corrected chi connectivity index (χ2v) is 8.46. The van der Waals surface area contributed by atoms with E-state index in [1.165, 1.54) is 25.0 Å². The van der Waals surface area contributed by atoms with E-state index in [9.17, 15) is 22.4 Å². The minimum Gasteiger partial charge on any atom is -0.475 e. The Balaban J connectivity index is 0.000000360. The fourth-order valence-corrected chi connectivity index (χ4v) is 4.75. The average Bonchev–Trinajstić information content (AvgIpc) is 3.33. The molecular formula is C22H28F4N2O4. The van der Waals surface area contributed by atoms with Crippen LogP contribution in [0.1, 0.15) is 31.2 Å². The van der Waals surface area contributed by atoms with Crippen molar-refractivity contribution in [3.8, 4) is 0 Å². The van der Waals surface area contributed by atoms with Crippen molar-refractivity contribution >= 4 is 11.9 Å². The summed E-state index contributed by atoms with van der Waals surface area (Å²) in [6.07, 6.45) is -0.197. The Morgan fingerprint density at radius 3 is 2.19 bits per heavy atom. The van der Waals surface area contributed by atoms with Gasteiger partial charge in [-0.25, -0.2) is 9.18 Å². The maximum atomic E-state index is 13.0. The number of amides is 1. The summed E-state index contributed by atoms with van der Waals surface area (Å²) >= 11 is 0. The van der Waals surface area contributed by atoms with Crippen LogP contribution in [-0.4, -0.2) is 77.9 Å². The van der Waals surface area contributed by atoms with Gasteiger partial charge >= 0.3 is 12.1 Å². The highest BCUT2D eigenvalue weighted by Gasteiger charge is 2.44. The van der Waals surface area contributed by atoms with Crippen molar-refractivity contribution in [2.24, 2.45) is 5.92 Å². The molecule has 3 saturated heterocycles. The first kappa shape index (κ1) is 24.4. The third-order valence-corrected chi connectivity index (χ3v) is 6.36. The molecule has 10 heteroatoms. The number of hydrogen-bond acceptors (Lipinski definition) is 4. The van der Waals surface area contributed by atoms with Crippen LogP contribution in [0.25, 0.3) is 0 Å². The average molecular weight is 460 g/mol. The second-order valence-electron chi connectivity index (χ2n) is 8.46. The highest BCUT2D eigenvalue weighted by atomic mass is 19.4. The number of carboxylic acid groups (broad SMARTS) is 1. The molecule has 3 aliphatic rings. The lowest BCUT2D eigenvalue weighted by atomic mass is 9.99. The molecule has 1 aromatic rings. The van der Waals surface area contributed by atoms with Crippen molar-refractivity contribution in [3.63, 3.8) is 0 Å². The number of likely N-dealkylation sites (tertiary alicyclic amines) is 2. The summed E-state index contributed by atoms with van der Waals surface area (Å²) in [5, 5.41) is 7.12. The predicted octanol–water partition coefficient (Wildman–Crippen LogP) is 3.10. The van der Waals surface area contributed by atoms with Gasteiger partial charge in [0.25, 0.3) is 0 Å². The Labute approximate surface area is 184 Å². The number of ether oxygens (including phenoxy) is 1. The monoisotopic (exact) mass is 460 g/mol. The van der Waals surface area contributed by atoms with Gasteiger partial charge in [0.2, 0.25) is 5.91 Å². The van der Waals surface area contributed by atoms with Gasteiger partial charge < -0.3 is 14.7 Å². The first-order valence-corrected chi connectivity index (χ1v) is 10.8. The molecule has 6 nitrogen and oxygen atoms in total. The third kappa shape index (κ3) is 6.41. The Hall–Kier alpha value is -2.20. The Morgan fingerprint density at radius 2 is 1.59 bits per heavy atom. The Bertz CT molecular complexity index is 781. The van der Waals surface area contributed by atoms with Crippen molar-refractivity contribution in [1.82, 2.24) is 9.80 Å². The lowest BCUT2D eigenvalue weighted by Gasteiger charge is -2.30. The van der Waals surface area contributed by atoms with Crippen LogP contribution in [0.15, 0.2) is 24.3 Å². The first-order valence-electron chi connectivity index (χ1n) is 10.8. The van der Waals surface area contributed by atoms with Crippen molar-refractivity contribution in [3.05, 3.63) is 35.6 Å². The SMILES string of the molecule is O=C(Cc1ccc(F)cc1)N1CC[C@H]2[C@H]1CCN2CC1CCOCC1.O=C(O)C(F)(F)F. The molecule has 3 fully saturated rings. The summed E-state index contributed by atoms with van der Waals surface area (Å²) in [6, 6.07) is 7.19. The van der Waals surface area contributed by atoms with Gasteiger partial charge in [0.1, 0.15) is 5.82 Å². The van der Waals surface area contributed by atoms with Crippen molar-refractivity contribution < 1.29 is 37.0 Å². The van der Waals surface area contributed by atoms with Crippen LogP contribution in [0.3, 0.4) is 0 Å². The van der Waals surface area contributed by atoms with Crippen molar-refractivity contribution in [2.75, 3.05) is 32.8 Å². The van der Waals surface area contributed by atoms with Gasteiger partial charge in [-0.2, -0.15) is 13.2 Å². The molecule has 3 aliphatic heterocycles. The van der Waals surface area contributed by atoms with Gasteiger partial charge in [0, 0.05) is 44.9 Å². The van der Waals surface area contributed by atoms with Crippen LogP contribution < -0.4 is 0 Å². The number of halogens is 4.